The lowest BCUT2D eigenvalue weighted by Gasteiger charge is -2.33. The second-order valence-corrected chi connectivity index (χ2v) is 10.5. The lowest BCUT2D eigenvalue weighted by Crippen LogP contribution is -2.51. The van der Waals surface area contributed by atoms with Crippen molar-refractivity contribution in [3.05, 3.63) is 53.8 Å². The summed E-state index contributed by atoms with van der Waals surface area (Å²) >= 11 is 1.20. The Bertz CT molecular complexity index is 1370. The third-order valence-electron chi connectivity index (χ3n) is 5.36. The molecule has 0 bridgehead atoms. The largest absolute Gasteiger partial charge is 0.339 e. The number of benzene rings is 1. The Morgan fingerprint density at radius 2 is 1.62 bits per heavy atom. The molecular weight excluding hydrogens is 520 g/mol. The smallest absolute Gasteiger partial charge is 0.323 e. The van der Waals surface area contributed by atoms with Crippen LogP contribution in [0.2, 0.25) is 0 Å². The molecule has 194 valence electrons. The summed E-state index contributed by atoms with van der Waals surface area (Å²) in [4.78, 5) is 51.6. The number of urea groups is 1. The van der Waals surface area contributed by atoms with E-state index in [9.17, 15) is 22.8 Å². The lowest BCUT2D eigenvalue weighted by molar-refractivity contribution is -0.130. The fourth-order valence-corrected chi connectivity index (χ4v) is 5.12. The Hall–Kier alpha value is -4.11. The highest BCUT2D eigenvalue weighted by atomic mass is 32.2. The molecule has 4 rings (SSSR count). The third kappa shape index (κ3) is 6.98. The Balaban J connectivity index is 1.27. The summed E-state index contributed by atoms with van der Waals surface area (Å²) in [5, 5.41) is 7.46. The minimum Gasteiger partial charge on any atom is -0.339 e. The molecule has 0 spiro atoms. The minimum atomic E-state index is -3.88. The summed E-state index contributed by atoms with van der Waals surface area (Å²) in [6.07, 6.45) is 2.81. The molecule has 1 aliphatic rings. The van der Waals surface area contributed by atoms with Crippen LogP contribution in [0.25, 0.3) is 0 Å². The maximum Gasteiger partial charge on any atom is 0.323 e. The van der Waals surface area contributed by atoms with Crippen LogP contribution < -0.4 is 15.4 Å². The number of thiazole rings is 1. The molecule has 1 saturated heterocycles. The third-order valence-corrected chi connectivity index (χ3v) is 7.51. The van der Waals surface area contributed by atoms with E-state index in [-0.39, 0.29) is 35.1 Å². The molecule has 15 heteroatoms. The van der Waals surface area contributed by atoms with E-state index < -0.39 is 10.0 Å². The monoisotopic (exact) mass is 544 g/mol. The molecule has 1 aliphatic heterocycles. The van der Waals surface area contributed by atoms with Crippen molar-refractivity contribution in [3.63, 3.8) is 0 Å². The molecule has 3 N–H and O–H groups in total. The number of piperazine rings is 1. The van der Waals surface area contributed by atoms with Gasteiger partial charge in [0.1, 0.15) is 0 Å². The van der Waals surface area contributed by atoms with Gasteiger partial charge in [-0.25, -0.2) is 32.9 Å². The molecule has 0 atom stereocenters. The molecule has 3 heterocycles. The molecule has 0 saturated carbocycles. The van der Waals surface area contributed by atoms with Crippen LogP contribution >= 0.6 is 11.3 Å². The Morgan fingerprint density at radius 3 is 2.27 bits per heavy atom. The molecule has 1 fully saturated rings. The topological polar surface area (TPSA) is 167 Å². The lowest BCUT2D eigenvalue weighted by atomic mass is 10.3. The number of hydrogen-bond donors (Lipinski definition) is 3. The van der Waals surface area contributed by atoms with Gasteiger partial charge in [-0.05, 0) is 30.3 Å². The van der Waals surface area contributed by atoms with Crippen molar-refractivity contribution in [2.75, 3.05) is 41.5 Å². The Labute approximate surface area is 217 Å². The summed E-state index contributed by atoms with van der Waals surface area (Å²) in [5.74, 6) is -0.414. The van der Waals surface area contributed by atoms with Gasteiger partial charge in [-0.3, -0.25) is 14.9 Å². The van der Waals surface area contributed by atoms with E-state index in [4.69, 9.17) is 0 Å². The van der Waals surface area contributed by atoms with Gasteiger partial charge in [0, 0.05) is 56.6 Å². The molecule has 0 aliphatic carbocycles. The van der Waals surface area contributed by atoms with E-state index in [1.165, 1.54) is 54.9 Å². The molecule has 2 aromatic heterocycles. The van der Waals surface area contributed by atoms with Crippen LogP contribution in [0.3, 0.4) is 0 Å². The number of rotatable bonds is 7. The van der Waals surface area contributed by atoms with Crippen LogP contribution in [-0.4, -0.2) is 77.2 Å². The second kappa shape index (κ2) is 11.3. The number of amides is 4. The normalized spacial score (nSPS) is 13.6. The van der Waals surface area contributed by atoms with E-state index in [0.29, 0.717) is 42.7 Å². The molecular formula is C22H24N8O5S2. The summed E-state index contributed by atoms with van der Waals surface area (Å²) in [6.45, 7) is 3.33. The van der Waals surface area contributed by atoms with E-state index in [2.05, 4.69) is 30.3 Å². The number of anilines is 3. The van der Waals surface area contributed by atoms with E-state index in [1.807, 2.05) is 0 Å². The molecule has 4 amide bonds. The second-order valence-electron chi connectivity index (χ2n) is 7.99. The summed E-state index contributed by atoms with van der Waals surface area (Å²) in [6, 6.07) is 6.91. The molecule has 0 unspecified atom stereocenters. The van der Waals surface area contributed by atoms with Gasteiger partial charge in [-0.2, -0.15) is 0 Å². The molecule has 1 aromatic carbocycles. The Morgan fingerprint density at radius 1 is 0.973 bits per heavy atom. The maximum absolute atomic E-state index is 12.5. The fraction of sp³-hybridized carbons (Fsp3) is 0.273. The number of nitrogens with one attached hydrogen (secondary N) is 3. The molecule has 37 heavy (non-hydrogen) atoms. The van der Waals surface area contributed by atoms with Crippen LogP contribution in [-0.2, 0) is 26.0 Å². The fourth-order valence-electron chi connectivity index (χ4n) is 3.46. The summed E-state index contributed by atoms with van der Waals surface area (Å²) < 4.78 is 27.2. The van der Waals surface area contributed by atoms with Crippen LogP contribution in [0.4, 0.5) is 21.6 Å². The first-order valence-corrected chi connectivity index (χ1v) is 13.5. The first-order valence-electron chi connectivity index (χ1n) is 11.2. The average molecular weight is 545 g/mol. The van der Waals surface area contributed by atoms with Crippen LogP contribution in [0.15, 0.2) is 53.0 Å². The van der Waals surface area contributed by atoms with Gasteiger partial charge >= 0.3 is 6.03 Å². The predicted molar refractivity (Wildman–Crippen MR) is 137 cm³/mol. The SMILES string of the molecule is CC(=O)N1CCN(C(=O)Nc2nc(CC(=O)Nc3ccc(S(=O)(=O)Nc4ncccn4)cc3)cs2)CC1. The van der Waals surface area contributed by atoms with E-state index in [1.54, 1.807) is 21.2 Å². The van der Waals surface area contributed by atoms with Crippen molar-refractivity contribution in [3.8, 4) is 0 Å². The highest BCUT2D eigenvalue weighted by Crippen LogP contribution is 2.19. The van der Waals surface area contributed by atoms with Gasteiger partial charge in [-0.15, -0.1) is 11.3 Å². The zero-order chi connectivity index (χ0) is 26.4. The number of aromatic nitrogens is 3. The van der Waals surface area contributed by atoms with Gasteiger partial charge in [-0.1, -0.05) is 0 Å². The molecule has 3 aromatic rings. The number of sulfonamides is 1. The van der Waals surface area contributed by atoms with Crippen LogP contribution in [0, 0.1) is 0 Å². The van der Waals surface area contributed by atoms with Gasteiger partial charge in [0.25, 0.3) is 10.0 Å². The predicted octanol–water partition coefficient (Wildman–Crippen LogP) is 1.61. The zero-order valence-corrected chi connectivity index (χ0v) is 21.4. The number of carbonyl (C=O) groups excluding carboxylic acids is 3. The van der Waals surface area contributed by atoms with E-state index in [0.717, 1.165) is 0 Å². The van der Waals surface area contributed by atoms with Crippen LogP contribution in [0.1, 0.15) is 12.6 Å². The van der Waals surface area contributed by atoms with Gasteiger partial charge in [0.2, 0.25) is 17.8 Å². The maximum atomic E-state index is 12.5. The molecule has 13 nitrogen and oxygen atoms in total. The van der Waals surface area contributed by atoms with Gasteiger partial charge in [0.05, 0.1) is 17.0 Å². The van der Waals surface area contributed by atoms with Crippen molar-refractivity contribution in [1.82, 2.24) is 24.8 Å². The first-order chi connectivity index (χ1) is 17.7. The highest BCUT2D eigenvalue weighted by molar-refractivity contribution is 7.92. The quantitative estimate of drug-likeness (QED) is 0.403. The number of hydrogen-bond acceptors (Lipinski definition) is 9. The van der Waals surface area contributed by atoms with Crippen molar-refractivity contribution in [1.29, 1.82) is 0 Å². The van der Waals surface area contributed by atoms with Gasteiger partial charge < -0.3 is 15.1 Å². The van der Waals surface area contributed by atoms with Crippen molar-refractivity contribution in [2.45, 2.75) is 18.2 Å². The van der Waals surface area contributed by atoms with Crippen molar-refractivity contribution >= 4 is 56.0 Å². The average Bonchev–Trinajstić information content (AvgIpc) is 3.31. The van der Waals surface area contributed by atoms with Gasteiger partial charge in [0.15, 0.2) is 5.13 Å². The zero-order valence-electron chi connectivity index (χ0n) is 19.7. The number of carbonyl (C=O) groups is 3. The minimum absolute atomic E-state index is 0.0134. The highest BCUT2D eigenvalue weighted by Gasteiger charge is 2.23. The van der Waals surface area contributed by atoms with Crippen molar-refractivity contribution < 1.29 is 22.8 Å². The Kier molecular flexibility index (Phi) is 7.93. The van der Waals surface area contributed by atoms with Crippen LogP contribution in [0.5, 0.6) is 0 Å². The summed E-state index contributed by atoms with van der Waals surface area (Å²) in [7, 11) is -3.88. The first kappa shape index (κ1) is 26.0. The molecule has 0 radical (unpaired) electrons. The summed E-state index contributed by atoms with van der Waals surface area (Å²) in [5.41, 5.74) is 0.888. The standard InChI is InChI=1S/C22H24N8O5S2/c1-15(31)29-9-11-30(12-10-29)22(33)27-21-26-17(14-36-21)13-19(32)25-16-3-5-18(6-4-16)37(34,35)28-20-23-7-2-8-24-20/h2-8,14H,9-13H2,1H3,(H,25,32)(H,23,24,28)(H,26,27,33). The number of nitrogens with zero attached hydrogens (tertiary/aromatic N) is 5. The van der Waals surface area contributed by atoms with E-state index >= 15 is 0 Å². The van der Waals surface area contributed by atoms with Crippen molar-refractivity contribution in [2.24, 2.45) is 0 Å².